The van der Waals surface area contributed by atoms with Crippen molar-refractivity contribution >= 4 is 11.9 Å². The number of hydrogen-bond donors (Lipinski definition) is 2. The first-order valence-electron chi connectivity index (χ1n) is 7.09. The van der Waals surface area contributed by atoms with E-state index in [4.69, 9.17) is 0 Å². The molecule has 0 spiro atoms. The number of aryl methyl sites for hydroxylation is 1. The highest BCUT2D eigenvalue weighted by Gasteiger charge is 2.08. The molecule has 110 valence electrons. The van der Waals surface area contributed by atoms with Crippen LogP contribution in [0.25, 0.3) is 0 Å². The van der Waals surface area contributed by atoms with E-state index in [1.807, 2.05) is 25.1 Å². The second kappa shape index (κ2) is 7.38. The molecule has 1 aromatic carbocycles. The van der Waals surface area contributed by atoms with Crippen LogP contribution in [0.3, 0.4) is 0 Å². The number of anilines is 1. The quantitative estimate of drug-likeness (QED) is 0.855. The van der Waals surface area contributed by atoms with Gasteiger partial charge in [-0.25, -0.2) is 9.97 Å². The number of amides is 1. The lowest BCUT2D eigenvalue weighted by molar-refractivity contribution is 0.0946. The molecule has 1 amide bonds. The van der Waals surface area contributed by atoms with Crippen molar-refractivity contribution < 1.29 is 4.79 Å². The second-order valence-corrected chi connectivity index (χ2v) is 4.86. The Morgan fingerprint density at radius 3 is 2.90 bits per heavy atom. The van der Waals surface area contributed by atoms with Gasteiger partial charge in [-0.3, -0.25) is 4.79 Å². The first kappa shape index (κ1) is 15.0. The van der Waals surface area contributed by atoms with Crippen molar-refractivity contribution in [2.75, 3.05) is 11.9 Å². The van der Waals surface area contributed by atoms with Gasteiger partial charge in [0.25, 0.3) is 5.91 Å². The summed E-state index contributed by atoms with van der Waals surface area (Å²) in [6.07, 6.45) is 2.57. The van der Waals surface area contributed by atoms with Crippen molar-refractivity contribution in [2.24, 2.45) is 0 Å². The van der Waals surface area contributed by atoms with Crippen molar-refractivity contribution in [1.29, 1.82) is 0 Å². The summed E-state index contributed by atoms with van der Waals surface area (Å²) in [5, 5.41) is 5.94. The van der Waals surface area contributed by atoms with E-state index in [1.165, 1.54) is 5.56 Å². The molecule has 0 radical (unpaired) electrons. The van der Waals surface area contributed by atoms with Crippen LogP contribution in [0.1, 0.15) is 35.0 Å². The van der Waals surface area contributed by atoms with Crippen LogP contribution >= 0.6 is 0 Å². The Morgan fingerprint density at radius 1 is 1.29 bits per heavy atom. The third-order valence-electron chi connectivity index (χ3n) is 2.96. The number of rotatable bonds is 6. The van der Waals surface area contributed by atoms with Crippen LogP contribution in [0.15, 0.2) is 36.5 Å². The molecule has 0 fully saturated rings. The van der Waals surface area contributed by atoms with E-state index in [0.717, 1.165) is 18.5 Å². The van der Waals surface area contributed by atoms with E-state index in [-0.39, 0.29) is 5.91 Å². The molecule has 21 heavy (non-hydrogen) atoms. The van der Waals surface area contributed by atoms with Gasteiger partial charge >= 0.3 is 0 Å². The Kier molecular flexibility index (Phi) is 5.26. The first-order chi connectivity index (χ1) is 10.2. The predicted molar refractivity (Wildman–Crippen MR) is 83.2 cm³/mol. The summed E-state index contributed by atoms with van der Waals surface area (Å²) in [6, 6.07) is 9.66. The van der Waals surface area contributed by atoms with Crippen LogP contribution in [-0.2, 0) is 6.54 Å². The summed E-state index contributed by atoms with van der Waals surface area (Å²) in [5.41, 5.74) is 2.62. The van der Waals surface area contributed by atoms with Crippen molar-refractivity contribution in [1.82, 2.24) is 15.3 Å². The molecule has 1 heterocycles. The average molecular weight is 284 g/mol. The average Bonchev–Trinajstić information content (AvgIpc) is 2.51. The fourth-order valence-electron chi connectivity index (χ4n) is 1.90. The van der Waals surface area contributed by atoms with Gasteiger partial charge in [0.1, 0.15) is 5.69 Å². The maximum atomic E-state index is 12.1. The van der Waals surface area contributed by atoms with Gasteiger partial charge in [0.05, 0.1) is 0 Å². The molecule has 2 aromatic rings. The first-order valence-corrected chi connectivity index (χ1v) is 7.09. The zero-order valence-corrected chi connectivity index (χ0v) is 12.4. The summed E-state index contributed by atoms with van der Waals surface area (Å²) in [4.78, 5) is 20.4. The normalized spacial score (nSPS) is 10.2. The third-order valence-corrected chi connectivity index (χ3v) is 2.96. The molecule has 0 unspecified atom stereocenters. The van der Waals surface area contributed by atoms with E-state index < -0.39 is 0 Å². The van der Waals surface area contributed by atoms with Crippen LogP contribution in [0.5, 0.6) is 0 Å². The molecule has 0 atom stereocenters. The summed E-state index contributed by atoms with van der Waals surface area (Å²) in [7, 11) is 0. The molecule has 0 saturated carbocycles. The lowest BCUT2D eigenvalue weighted by atomic mass is 10.1. The van der Waals surface area contributed by atoms with Gasteiger partial charge in [0.15, 0.2) is 0 Å². The van der Waals surface area contributed by atoms with Crippen LogP contribution in [0.4, 0.5) is 5.95 Å². The molecule has 0 bridgehead atoms. The highest BCUT2D eigenvalue weighted by Crippen LogP contribution is 2.05. The van der Waals surface area contributed by atoms with Crippen LogP contribution < -0.4 is 10.6 Å². The fraction of sp³-hybridized carbons (Fsp3) is 0.312. The van der Waals surface area contributed by atoms with Gasteiger partial charge in [0.2, 0.25) is 5.95 Å². The highest BCUT2D eigenvalue weighted by atomic mass is 16.1. The molecule has 0 saturated heterocycles. The van der Waals surface area contributed by atoms with Crippen molar-refractivity contribution in [3.63, 3.8) is 0 Å². The number of benzene rings is 1. The minimum atomic E-state index is -0.196. The number of carbonyl (C=O) groups excluding carboxylic acids is 1. The molecule has 5 nitrogen and oxygen atoms in total. The Morgan fingerprint density at radius 2 is 2.14 bits per heavy atom. The van der Waals surface area contributed by atoms with E-state index in [2.05, 4.69) is 33.6 Å². The SMILES string of the molecule is CCCNc1nccc(C(=O)NCc2cccc(C)c2)n1. The van der Waals surface area contributed by atoms with Crippen molar-refractivity contribution in [2.45, 2.75) is 26.8 Å². The molecule has 0 aliphatic rings. The topological polar surface area (TPSA) is 66.9 Å². The highest BCUT2D eigenvalue weighted by molar-refractivity contribution is 5.92. The molecule has 0 aliphatic carbocycles. The van der Waals surface area contributed by atoms with Gasteiger partial charge < -0.3 is 10.6 Å². The molecule has 2 rings (SSSR count). The standard InChI is InChI=1S/C16H20N4O/c1-3-8-17-16-18-9-7-14(20-16)15(21)19-11-13-6-4-5-12(2)10-13/h4-7,9-10H,3,8,11H2,1-2H3,(H,19,21)(H,17,18,20). The molecular weight excluding hydrogens is 264 g/mol. The van der Waals surface area contributed by atoms with Crippen LogP contribution in [0, 0.1) is 6.92 Å². The second-order valence-electron chi connectivity index (χ2n) is 4.86. The lowest BCUT2D eigenvalue weighted by Gasteiger charge is -2.07. The van der Waals surface area contributed by atoms with E-state index in [1.54, 1.807) is 12.3 Å². The predicted octanol–water partition coefficient (Wildman–Crippen LogP) is 2.54. The summed E-state index contributed by atoms with van der Waals surface area (Å²) in [5.74, 6) is 0.290. The van der Waals surface area contributed by atoms with Crippen molar-refractivity contribution in [3.05, 3.63) is 53.3 Å². The molecular formula is C16H20N4O. The van der Waals surface area contributed by atoms with Gasteiger partial charge in [-0.2, -0.15) is 0 Å². The summed E-state index contributed by atoms with van der Waals surface area (Å²) < 4.78 is 0. The van der Waals surface area contributed by atoms with Gasteiger partial charge in [0, 0.05) is 19.3 Å². The number of carbonyl (C=O) groups is 1. The Bertz CT molecular complexity index is 613. The van der Waals surface area contributed by atoms with E-state index in [9.17, 15) is 4.79 Å². The maximum absolute atomic E-state index is 12.1. The Hall–Kier alpha value is -2.43. The third kappa shape index (κ3) is 4.56. The lowest BCUT2D eigenvalue weighted by Crippen LogP contribution is -2.24. The molecule has 1 aromatic heterocycles. The van der Waals surface area contributed by atoms with Gasteiger partial charge in [-0.15, -0.1) is 0 Å². The molecule has 2 N–H and O–H groups in total. The van der Waals surface area contributed by atoms with E-state index in [0.29, 0.717) is 18.2 Å². The van der Waals surface area contributed by atoms with E-state index >= 15 is 0 Å². The number of nitrogens with zero attached hydrogens (tertiary/aromatic N) is 2. The fourth-order valence-corrected chi connectivity index (χ4v) is 1.90. The Labute approximate surface area is 124 Å². The number of hydrogen-bond acceptors (Lipinski definition) is 4. The summed E-state index contributed by atoms with van der Waals surface area (Å²) >= 11 is 0. The van der Waals surface area contributed by atoms with Crippen molar-refractivity contribution in [3.8, 4) is 0 Å². The zero-order chi connectivity index (χ0) is 15.1. The zero-order valence-electron chi connectivity index (χ0n) is 12.4. The minimum absolute atomic E-state index is 0.196. The Balaban J connectivity index is 1.96. The minimum Gasteiger partial charge on any atom is -0.354 e. The monoisotopic (exact) mass is 284 g/mol. The van der Waals surface area contributed by atoms with Crippen LogP contribution in [0.2, 0.25) is 0 Å². The smallest absolute Gasteiger partial charge is 0.270 e. The molecule has 0 aliphatic heterocycles. The van der Waals surface area contributed by atoms with Gasteiger partial charge in [-0.1, -0.05) is 36.8 Å². The van der Waals surface area contributed by atoms with Gasteiger partial charge in [-0.05, 0) is 25.0 Å². The maximum Gasteiger partial charge on any atom is 0.270 e. The summed E-state index contributed by atoms with van der Waals surface area (Å²) in [6.45, 7) is 5.36. The number of nitrogens with one attached hydrogen (secondary N) is 2. The molecule has 5 heteroatoms. The largest absolute Gasteiger partial charge is 0.354 e. The number of aromatic nitrogens is 2. The van der Waals surface area contributed by atoms with Crippen LogP contribution in [-0.4, -0.2) is 22.4 Å².